The number of hydrogen-bond acceptors (Lipinski definition) is 2. The second kappa shape index (κ2) is 4.93. The maximum atomic E-state index is 5.64. The maximum Gasteiger partial charge on any atom is 0.180 e. The van der Waals surface area contributed by atoms with Crippen LogP contribution < -0.4 is 11.6 Å². The first kappa shape index (κ1) is 10.9. The molecule has 0 saturated carbocycles. The van der Waals surface area contributed by atoms with E-state index in [1.165, 1.54) is 16.1 Å². The number of hydrogen-bond donors (Lipinski definition) is 2. The van der Waals surface area contributed by atoms with Crippen molar-refractivity contribution in [2.24, 2.45) is 11.6 Å². The molecule has 0 aromatic heterocycles. The summed E-state index contributed by atoms with van der Waals surface area (Å²) in [7, 11) is 0. The number of hydrazine groups is 1. The molecule has 1 aromatic carbocycles. The first-order valence-electron chi connectivity index (χ1n) is 4.53. The van der Waals surface area contributed by atoms with E-state index in [2.05, 4.69) is 13.0 Å². The highest BCUT2D eigenvalue weighted by Gasteiger charge is 2.04. The predicted molar refractivity (Wildman–Crippen MR) is 62.3 cm³/mol. The summed E-state index contributed by atoms with van der Waals surface area (Å²) in [5.41, 5.74) is 7.86. The topological polar surface area (TPSA) is 55.3 Å². The van der Waals surface area contributed by atoms with Crippen molar-refractivity contribution >= 4 is 17.3 Å². The van der Waals surface area contributed by atoms with E-state index < -0.39 is 0 Å². The van der Waals surface area contributed by atoms with Gasteiger partial charge in [-0.1, -0.05) is 31.2 Å². The fourth-order valence-electron chi connectivity index (χ4n) is 1.32. The Bertz CT molecular complexity index is 325. The van der Waals surface area contributed by atoms with E-state index in [0.717, 1.165) is 6.42 Å². The van der Waals surface area contributed by atoms with E-state index in [9.17, 15) is 0 Å². The van der Waals surface area contributed by atoms with Crippen molar-refractivity contribution in [3.8, 4) is 0 Å². The molecule has 0 unspecified atom stereocenters. The zero-order valence-corrected chi connectivity index (χ0v) is 9.05. The Morgan fingerprint density at radius 1 is 1.36 bits per heavy atom. The van der Waals surface area contributed by atoms with Gasteiger partial charge in [-0.3, -0.25) is 5.01 Å². The smallest absolute Gasteiger partial charge is 0.180 e. The molecule has 0 spiro atoms. The van der Waals surface area contributed by atoms with E-state index in [0.29, 0.717) is 6.54 Å². The van der Waals surface area contributed by atoms with Crippen LogP contribution in [0.3, 0.4) is 0 Å². The zero-order valence-electron chi connectivity index (χ0n) is 8.23. The molecule has 0 aliphatic rings. The molecule has 0 amide bonds. The highest BCUT2D eigenvalue weighted by atomic mass is 32.1. The van der Waals surface area contributed by atoms with Gasteiger partial charge in [-0.15, -0.1) is 0 Å². The van der Waals surface area contributed by atoms with Crippen LogP contribution in [-0.2, 0) is 13.0 Å². The summed E-state index contributed by atoms with van der Waals surface area (Å²) in [6.45, 7) is 2.68. The second-order valence-electron chi connectivity index (χ2n) is 3.09. The highest BCUT2D eigenvalue weighted by Crippen LogP contribution is 2.10. The maximum absolute atomic E-state index is 5.64. The van der Waals surface area contributed by atoms with E-state index >= 15 is 0 Å². The van der Waals surface area contributed by atoms with Crippen molar-refractivity contribution in [2.45, 2.75) is 19.9 Å². The van der Waals surface area contributed by atoms with Crippen LogP contribution in [0.2, 0.25) is 0 Å². The van der Waals surface area contributed by atoms with Crippen LogP contribution >= 0.6 is 12.2 Å². The Morgan fingerprint density at radius 3 is 2.43 bits per heavy atom. The highest BCUT2D eigenvalue weighted by molar-refractivity contribution is 7.80. The third-order valence-electron chi connectivity index (χ3n) is 2.12. The minimum Gasteiger partial charge on any atom is -0.375 e. The number of benzene rings is 1. The molecule has 4 heteroatoms. The summed E-state index contributed by atoms with van der Waals surface area (Å²) in [4.78, 5) is 0. The standard InChI is InChI=1S/C10H15N3S/c1-2-8-5-3-4-6-9(8)7-13(12)10(11)14/h3-6H,2,7,12H2,1H3,(H2,11,14). The van der Waals surface area contributed by atoms with Crippen LogP contribution in [-0.4, -0.2) is 10.1 Å². The number of nitrogens with two attached hydrogens (primary N) is 2. The summed E-state index contributed by atoms with van der Waals surface area (Å²) in [5, 5.41) is 1.60. The Hall–Kier alpha value is -1.13. The van der Waals surface area contributed by atoms with Crippen molar-refractivity contribution in [1.82, 2.24) is 5.01 Å². The predicted octanol–water partition coefficient (Wildman–Crippen LogP) is 1.17. The lowest BCUT2D eigenvalue weighted by atomic mass is 10.1. The molecule has 3 nitrogen and oxygen atoms in total. The molecule has 0 bridgehead atoms. The van der Waals surface area contributed by atoms with Gasteiger partial charge in [0.05, 0.1) is 6.54 Å². The Morgan fingerprint density at radius 2 is 1.93 bits per heavy atom. The monoisotopic (exact) mass is 209 g/mol. The van der Waals surface area contributed by atoms with Crippen molar-refractivity contribution in [3.05, 3.63) is 35.4 Å². The van der Waals surface area contributed by atoms with E-state index in [4.69, 9.17) is 23.8 Å². The zero-order chi connectivity index (χ0) is 10.6. The number of aryl methyl sites for hydroxylation is 1. The summed E-state index contributed by atoms with van der Waals surface area (Å²) in [5.74, 6) is 5.64. The van der Waals surface area contributed by atoms with Gasteiger partial charge >= 0.3 is 0 Å². The normalized spacial score (nSPS) is 9.86. The molecular formula is C10H15N3S. The largest absolute Gasteiger partial charge is 0.375 e. The third-order valence-corrected chi connectivity index (χ3v) is 2.36. The van der Waals surface area contributed by atoms with Gasteiger partial charge < -0.3 is 5.73 Å². The molecule has 1 aromatic rings. The minimum absolute atomic E-state index is 0.218. The quantitative estimate of drug-likeness (QED) is 0.446. The van der Waals surface area contributed by atoms with Crippen molar-refractivity contribution < 1.29 is 0 Å². The second-order valence-corrected chi connectivity index (χ2v) is 3.51. The molecule has 0 aliphatic carbocycles. The fraction of sp³-hybridized carbons (Fsp3) is 0.300. The van der Waals surface area contributed by atoms with Crippen LogP contribution in [0.25, 0.3) is 0 Å². The molecule has 0 radical (unpaired) electrons. The number of rotatable bonds is 3. The molecule has 14 heavy (non-hydrogen) atoms. The average molecular weight is 209 g/mol. The third kappa shape index (κ3) is 2.68. The lowest BCUT2D eigenvalue weighted by Gasteiger charge is -2.17. The van der Waals surface area contributed by atoms with Crippen molar-refractivity contribution in [2.75, 3.05) is 0 Å². The van der Waals surface area contributed by atoms with Crippen LogP contribution in [0.4, 0.5) is 0 Å². The Balaban J connectivity index is 2.80. The van der Waals surface area contributed by atoms with E-state index in [1.807, 2.05) is 18.2 Å². The first-order valence-corrected chi connectivity index (χ1v) is 4.94. The van der Waals surface area contributed by atoms with Crippen molar-refractivity contribution in [3.63, 3.8) is 0 Å². The molecule has 0 heterocycles. The summed E-state index contributed by atoms with van der Waals surface area (Å²) < 4.78 is 0. The molecule has 0 saturated heterocycles. The van der Waals surface area contributed by atoms with Gasteiger partial charge in [-0.25, -0.2) is 5.84 Å². The van der Waals surface area contributed by atoms with Gasteiger partial charge in [-0.05, 0) is 29.8 Å². The Kier molecular flexibility index (Phi) is 3.85. The van der Waals surface area contributed by atoms with Crippen LogP contribution in [0.5, 0.6) is 0 Å². The summed E-state index contributed by atoms with van der Waals surface area (Å²) >= 11 is 4.78. The van der Waals surface area contributed by atoms with Crippen molar-refractivity contribution in [1.29, 1.82) is 0 Å². The molecular weight excluding hydrogens is 194 g/mol. The molecule has 1 rings (SSSR count). The van der Waals surface area contributed by atoms with Gasteiger partial charge in [0.25, 0.3) is 0 Å². The number of nitrogens with zero attached hydrogens (tertiary/aromatic N) is 1. The molecule has 0 fully saturated rings. The SMILES string of the molecule is CCc1ccccc1CN(N)C(N)=S. The van der Waals surface area contributed by atoms with Gasteiger partial charge in [0.2, 0.25) is 0 Å². The average Bonchev–Trinajstić information content (AvgIpc) is 2.18. The van der Waals surface area contributed by atoms with E-state index in [-0.39, 0.29) is 5.11 Å². The van der Waals surface area contributed by atoms with Gasteiger partial charge in [0.15, 0.2) is 5.11 Å². The fourth-order valence-corrected chi connectivity index (χ4v) is 1.38. The van der Waals surface area contributed by atoms with Gasteiger partial charge in [0.1, 0.15) is 0 Å². The molecule has 76 valence electrons. The van der Waals surface area contributed by atoms with Gasteiger partial charge in [-0.2, -0.15) is 0 Å². The van der Waals surface area contributed by atoms with Crippen LogP contribution in [0, 0.1) is 0 Å². The lowest BCUT2D eigenvalue weighted by molar-refractivity contribution is 0.436. The van der Waals surface area contributed by atoms with Crippen LogP contribution in [0.1, 0.15) is 18.1 Å². The van der Waals surface area contributed by atoms with Crippen LogP contribution in [0.15, 0.2) is 24.3 Å². The molecule has 4 N–H and O–H groups in total. The molecule has 0 aliphatic heterocycles. The minimum atomic E-state index is 0.218. The summed E-state index contributed by atoms with van der Waals surface area (Å²) in [6.07, 6.45) is 0.987. The van der Waals surface area contributed by atoms with Gasteiger partial charge in [0, 0.05) is 0 Å². The lowest BCUT2D eigenvalue weighted by Crippen LogP contribution is -2.40. The first-order chi connectivity index (χ1) is 6.65. The Labute approximate surface area is 89.7 Å². The molecule has 0 atom stereocenters. The summed E-state index contributed by atoms with van der Waals surface area (Å²) in [6, 6.07) is 8.13. The number of thiocarbonyl (C=S) groups is 1. The van der Waals surface area contributed by atoms with E-state index in [1.54, 1.807) is 0 Å².